The molecule has 2 nitrogen and oxygen atoms in total. The largest absolute Gasteiger partial charge is 0.455 e. The van der Waals surface area contributed by atoms with Gasteiger partial charge in [-0.2, -0.15) is 0 Å². The molecule has 0 saturated carbocycles. The van der Waals surface area contributed by atoms with Crippen LogP contribution >= 0.6 is 11.6 Å². The van der Waals surface area contributed by atoms with E-state index in [0.29, 0.717) is 5.88 Å². The molecule has 0 saturated heterocycles. The molecule has 1 aromatic heterocycles. The maximum absolute atomic E-state index is 5.87. The molecule has 0 N–H and O–H groups in total. The van der Waals surface area contributed by atoms with Gasteiger partial charge in [0, 0.05) is 11.8 Å². The summed E-state index contributed by atoms with van der Waals surface area (Å²) in [6.07, 6.45) is 3.41. The van der Waals surface area contributed by atoms with E-state index in [1.807, 2.05) is 25.1 Å². The maximum atomic E-state index is 5.87. The first kappa shape index (κ1) is 11.9. The minimum atomic E-state index is 0.419. The Morgan fingerprint density at radius 3 is 2.76 bits per heavy atom. The Labute approximate surface area is 106 Å². The Morgan fingerprint density at radius 1 is 1.18 bits per heavy atom. The molecular formula is C14H14ClNO. The van der Waals surface area contributed by atoms with Crippen molar-refractivity contribution >= 4 is 11.6 Å². The fourth-order valence-electron chi connectivity index (χ4n) is 1.56. The van der Waals surface area contributed by atoms with Crippen molar-refractivity contribution in [3.8, 4) is 11.5 Å². The lowest BCUT2D eigenvalue weighted by Crippen LogP contribution is -1.93. The number of pyridine rings is 1. The van der Waals surface area contributed by atoms with Gasteiger partial charge in [-0.1, -0.05) is 12.1 Å². The van der Waals surface area contributed by atoms with Crippen molar-refractivity contribution in [2.75, 3.05) is 0 Å². The minimum absolute atomic E-state index is 0.419. The van der Waals surface area contributed by atoms with Crippen LogP contribution in [-0.2, 0) is 5.88 Å². The summed E-state index contributed by atoms with van der Waals surface area (Å²) in [4.78, 5) is 4.06. The second-order valence-electron chi connectivity index (χ2n) is 3.92. The molecule has 3 heteroatoms. The van der Waals surface area contributed by atoms with Crippen molar-refractivity contribution in [3.05, 3.63) is 53.3 Å². The summed E-state index contributed by atoms with van der Waals surface area (Å²) < 4.78 is 5.87. The second-order valence-corrected chi connectivity index (χ2v) is 4.18. The van der Waals surface area contributed by atoms with E-state index in [0.717, 1.165) is 22.6 Å². The third-order valence-electron chi connectivity index (χ3n) is 2.79. The molecule has 0 bridgehead atoms. The average Bonchev–Trinajstić information content (AvgIpc) is 2.35. The van der Waals surface area contributed by atoms with Crippen LogP contribution in [-0.4, -0.2) is 4.98 Å². The lowest BCUT2D eigenvalue weighted by Gasteiger charge is -2.12. The average molecular weight is 248 g/mol. The number of ether oxygens (including phenoxy) is 1. The minimum Gasteiger partial charge on any atom is -0.455 e. The van der Waals surface area contributed by atoms with E-state index in [9.17, 15) is 0 Å². The molecule has 1 heterocycles. The van der Waals surface area contributed by atoms with Crippen molar-refractivity contribution in [1.82, 2.24) is 4.98 Å². The van der Waals surface area contributed by atoms with Crippen LogP contribution in [0.25, 0.3) is 0 Å². The van der Waals surface area contributed by atoms with E-state index in [1.165, 1.54) is 5.56 Å². The van der Waals surface area contributed by atoms with Crippen LogP contribution in [0, 0.1) is 13.8 Å². The van der Waals surface area contributed by atoms with Gasteiger partial charge >= 0.3 is 0 Å². The molecule has 2 aromatic rings. The molecule has 0 amide bonds. The summed E-state index contributed by atoms with van der Waals surface area (Å²) >= 11 is 5.86. The highest BCUT2D eigenvalue weighted by atomic mass is 35.5. The molecule has 0 fully saturated rings. The van der Waals surface area contributed by atoms with Crippen molar-refractivity contribution < 1.29 is 4.74 Å². The third kappa shape index (κ3) is 2.59. The van der Waals surface area contributed by atoms with Gasteiger partial charge < -0.3 is 4.74 Å². The summed E-state index contributed by atoms with van der Waals surface area (Å²) in [6.45, 7) is 4.11. The highest BCUT2D eigenvalue weighted by Gasteiger charge is 2.07. The van der Waals surface area contributed by atoms with Gasteiger partial charge in [0.1, 0.15) is 11.5 Å². The number of hydrogen-bond acceptors (Lipinski definition) is 2. The smallest absolute Gasteiger partial charge is 0.150 e. The topological polar surface area (TPSA) is 22.1 Å². The fraction of sp³-hybridized carbons (Fsp3) is 0.214. The Balaban J connectivity index is 2.35. The number of rotatable bonds is 3. The monoisotopic (exact) mass is 247 g/mol. The van der Waals surface area contributed by atoms with Gasteiger partial charge in [0.15, 0.2) is 0 Å². The van der Waals surface area contributed by atoms with Gasteiger partial charge in [-0.15, -0.1) is 11.6 Å². The Hall–Kier alpha value is -1.54. The van der Waals surface area contributed by atoms with E-state index in [4.69, 9.17) is 16.3 Å². The number of halogens is 1. The van der Waals surface area contributed by atoms with Crippen LogP contribution < -0.4 is 4.74 Å². The van der Waals surface area contributed by atoms with Crippen LogP contribution in [0.5, 0.6) is 11.5 Å². The molecule has 0 spiro atoms. The molecule has 88 valence electrons. The summed E-state index contributed by atoms with van der Waals surface area (Å²) in [6, 6.07) is 7.86. The standard InChI is InChI=1S/C14H14ClNO/c1-10-4-3-5-13(11(10)2)17-14-9-16-7-6-12(14)8-15/h3-7,9H,8H2,1-2H3. The Morgan fingerprint density at radius 2 is 2.00 bits per heavy atom. The van der Waals surface area contributed by atoms with Crippen LogP contribution in [0.15, 0.2) is 36.7 Å². The van der Waals surface area contributed by atoms with Crippen molar-refractivity contribution in [2.24, 2.45) is 0 Å². The third-order valence-corrected chi connectivity index (χ3v) is 3.08. The Bertz CT molecular complexity index is 525. The van der Waals surface area contributed by atoms with E-state index in [2.05, 4.69) is 18.0 Å². The molecular weight excluding hydrogens is 234 g/mol. The lowest BCUT2D eigenvalue weighted by molar-refractivity contribution is 0.471. The number of nitrogens with zero attached hydrogens (tertiary/aromatic N) is 1. The number of hydrogen-bond donors (Lipinski definition) is 0. The fourth-order valence-corrected chi connectivity index (χ4v) is 1.79. The highest BCUT2D eigenvalue weighted by Crippen LogP contribution is 2.29. The predicted molar refractivity (Wildman–Crippen MR) is 69.8 cm³/mol. The first-order chi connectivity index (χ1) is 8.22. The van der Waals surface area contributed by atoms with E-state index >= 15 is 0 Å². The van der Waals surface area contributed by atoms with Crippen molar-refractivity contribution in [2.45, 2.75) is 19.7 Å². The number of alkyl halides is 1. The SMILES string of the molecule is Cc1cccc(Oc2cnccc2CCl)c1C. The lowest BCUT2D eigenvalue weighted by atomic mass is 10.1. The van der Waals surface area contributed by atoms with Gasteiger partial charge in [-0.05, 0) is 37.1 Å². The molecule has 0 atom stereocenters. The van der Waals surface area contributed by atoms with Gasteiger partial charge in [-0.3, -0.25) is 4.98 Å². The van der Waals surface area contributed by atoms with Gasteiger partial charge in [0.2, 0.25) is 0 Å². The molecule has 2 rings (SSSR count). The van der Waals surface area contributed by atoms with Crippen LogP contribution in [0.1, 0.15) is 16.7 Å². The zero-order chi connectivity index (χ0) is 12.3. The molecule has 0 aliphatic heterocycles. The molecule has 17 heavy (non-hydrogen) atoms. The van der Waals surface area contributed by atoms with Crippen LogP contribution in [0.3, 0.4) is 0 Å². The zero-order valence-electron chi connectivity index (χ0n) is 9.90. The molecule has 1 aromatic carbocycles. The van der Waals surface area contributed by atoms with E-state index < -0.39 is 0 Å². The normalized spacial score (nSPS) is 10.3. The zero-order valence-corrected chi connectivity index (χ0v) is 10.7. The Kier molecular flexibility index (Phi) is 3.64. The van der Waals surface area contributed by atoms with Gasteiger partial charge in [0.25, 0.3) is 0 Å². The molecule has 0 aliphatic carbocycles. The molecule has 0 unspecified atom stereocenters. The number of benzene rings is 1. The summed E-state index contributed by atoms with van der Waals surface area (Å²) in [7, 11) is 0. The number of aromatic nitrogens is 1. The second kappa shape index (κ2) is 5.19. The van der Waals surface area contributed by atoms with E-state index in [1.54, 1.807) is 12.4 Å². The van der Waals surface area contributed by atoms with Gasteiger partial charge in [-0.25, -0.2) is 0 Å². The summed E-state index contributed by atoms with van der Waals surface area (Å²) in [5, 5.41) is 0. The summed E-state index contributed by atoms with van der Waals surface area (Å²) in [5.41, 5.74) is 3.29. The van der Waals surface area contributed by atoms with Crippen molar-refractivity contribution in [3.63, 3.8) is 0 Å². The first-order valence-electron chi connectivity index (χ1n) is 5.45. The van der Waals surface area contributed by atoms with Crippen molar-refractivity contribution in [1.29, 1.82) is 0 Å². The van der Waals surface area contributed by atoms with Crippen LogP contribution in [0.4, 0.5) is 0 Å². The predicted octanol–water partition coefficient (Wildman–Crippen LogP) is 4.23. The van der Waals surface area contributed by atoms with E-state index in [-0.39, 0.29) is 0 Å². The quantitative estimate of drug-likeness (QED) is 0.758. The van der Waals surface area contributed by atoms with Gasteiger partial charge in [0.05, 0.1) is 12.1 Å². The first-order valence-corrected chi connectivity index (χ1v) is 5.98. The summed E-state index contributed by atoms with van der Waals surface area (Å²) in [5.74, 6) is 1.99. The maximum Gasteiger partial charge on any atom is 0.150 e. The molecule has 0 radical (unpaired) electrons. The molecule has 0 aliphatic rings. The highest BCUT2D eigenvalue weighted by molar-refractivity contribution is 6.17. The number of aryl methyl sites for hydroxylation is 1. The van der Waals surface area contributed by atoms with Crippen LogP contribution in [0.2, 0.25) is 0 Å².